The lowest BCUT2D eigenvalue weighted by Crippen LogP contribution is -2.16. The molecule has 0 aliphatic carbocycles. The van der Waals surface area contributed by atoms with E-state index in [1.807, 2.05) is 16.8 Å². The number of hydrogen-bond acceptors (Lipinski definition) is 2. The zero-order valence-electron chi connectivity index (χ0n) is 9.74. The summed E-state index contributed by atoms with van der Waals surface area (Å²) in [5, 5.41) is 3.41. The Hall–Kier alpha value is -1.20. The van der Waals surface area contributed by atoms with Crippen LogP contribution in [-0.4, -0.2) is 16.1 Å². The molecular formula is C13H13BrFN3. The molecule has 1 aliphatic heterocycles. The molecule has 1 fully saturated rings. The van der Waals surface area contributed by atoms with E-state index in [4.69, 9.17) is 0 Å². The quantitative estimate of drug-likeness (QED) is 0.923. The first-order valence-electron chi connectivity index (χ1n) is 5.97. The van der Waals surface area contributed by atoms with Gasteiger partial charge in [-0.2, -0.15) is 0 Å². The fourth-order valence-electron chi connectivity index (χ4n) is 2.38. The molecule has 0 bridgehead atoms. The van der Waals surface area contributed by atoms with Gasteiger partial charge in [-0.1, -0.05) is 15.9 Å². The van der Waals surface area contributed by atoms with Gasteiger partial charge in [0.15, 0.2) is 0 Å². The van der Waals surface area contributed by atoms with Crippen LogP contribution in [0.4, 0.5) is 4.39 Å². The number of imidazole rings is 1. The van der Waals surface area contributed by atoms with Crippen molar-refractivity contribution in [2.45, 2.75) is 18.9 Å². The van der Waals surface area contributed by atoms with E-state index >= 15 is 0 Å². The number of halogens is 2. The average Bonchev–Trinajstić information content (AvgIpc) is 2.98. The minimum Gasteiger partial charge on any atom is -0.309 e. The van der Waals surface area contributed by atoms with Gasteiger partial charge in [0.1, 0.15) is 5.82 Å². The zero-order chi connectivity index (χ0) is 12.5. The van der Waals surface area contributed by atoms with E-state index in [2.05, 4.69) is 26.2 Å². The number of rotatable bonds is 2. The van der Waals surface area contributed by atoms with Crippen LogP contribution in [0.2, 0.25) is 0 Å². The molecule has 0 unspecified atom stereocenters. The molecule has 18 heavy (non-hydrogen) atoms. The van der Waals surface area contributed by atoms with Gasteiger partial charge in [0.05, 0.1) is 23.9 Å². The second kappa shape index (κ2) is 4.82. The van der Waals surface area contributed by atoms with Gasteiger partial charge in [-0.05, 0) is 37.6 Å². The number of benzene rings is 1. The van der Waals surface area contributed by atoms with Gasteiger partial charge in [-0.25, -0.2) is 9.37 Å². The molecule has 1 aromatic carbocycles. The van der Waals surface area contributed by atoms with Crippen molar-refractivity contribution in [1.82, 2.24) is 14.9 Å². The fraction of sp³-hybridized carbons (Fsp3) is 0.308. The largest absolute Gasteiger partial charge is 0.309 e. The Kier molecular flexibility index (Phi) is 3.18. The number of aromatic nitrogens is 2. The number of hydrogen-bond donors (Lipinski definition) is 1. The maximum Gasteiger partial charge on any atom is 0.148 e. The minimum atomic E-state index is -0.248. The molecule has 1 aliphatic rings. The Morgan fingerprint density at radius 1 is 1.44 bits per heavy atom. The molecule has 5 heteroatoms. The van der Waals surface area contributed by atoms with Crippen LogP contribution >= 0.6 is 15.9 Å². The van der Waals surface area contributed by atoms with E-state index in [0.717, 1.165) is 29.6 Å². The topological polar surface area (TPSA) is 29.9 Å². The third-order valence-corrected chi connectivity index (χ3v) is 3.75. The van der Waals surface area contributed by atoms with Gasteiger partial charge in [0, 0.05) is 10.5 Å². The Labute approximate surface area is 113 Å². The van der Waals surface area contributed by atoms with E-state index < -0.39 is 0 Å². The third kappa shape index (κ3) is 2.08. The maximum absolute atomic E-state index is 14.0. The summed E-state index contributed by atoms with van der Waals surface area (Å²) in [5.41, 5.74) is 1.56. The maximum atomic E-state index is 14.0. The molecule has 2 heterocycles. The van der Waals surface area contributed by atoms with Crippen molar-refractivity contribution >= 4 is 15.9 Å². The van der Waals surface area contributed by atoms with Gasteiger partial charge in [0.2, 0.25) is 0 Å². The van der Waals surface area contributed by atoms with Crippen LogP contribution in [0.25, 0.3) is 5.69 Å². The van der Waals surface area contributed by atoms with Crippen molar-refractivity contribution in [2.75, 3.05) is 6.54 Å². The lowest BCUT2D eigenvalue weighted by molar-refractivity contribution is 0.590. The van der Waals surface area contributed by atoms with Crippen molar-refractivity contribution in [3.8, 4) is 5.69 Å². The van der Waals surface area contributed by atoms with Crippen LogP contribution in [0.3, 0.4) is 0 Å². The predicted molar refractivity (Wildman–Crippen MR) is 71.2 cm³/mol. The highest BCUT2D eigenvalue weighted by atomic mass is 79.9. The van der Waals surface area contributed by atoms with Gasteiger partial charge in [0.25, 0.3) is 0 Å². The summed E-state index contributed by atoms with van der Waals surface area (Å²) in [5.74, 6) is -0.248. The number of nitrogens with zero attached hydrogens (tertiary/aromatic N) is 2. The lowest BCUT2D eigenvalue weighted by atomic mass is 10.1. The van der Waals surface area contributed by atoms with E-state index in [1.165, 1.54) is 6.07 Å². The van der Waals surface area contributed by atoms with Gasteiger partial charge in [-0.3, -0.25) is 4.57 Å². The monoisotopic (exact) mass is 309 g/mol. The summed E-state index contributed by atoms with van der Waals surface area (Å²) >= 11 is 3.27. The van der Waals surface area contributed by atoms with Crippen molar-refractivity contribution in [1.29, 1.82) is 0 Å². The lowest BCUT2D eigenvalue weighted by Gasteiger charge is -2.14. The highest BCUT2D eigenvalue weighted by molar-refractivity contribution is 9.10. The molecule has 3 nitrogen and oxygen atoms in total. The van der Waals surface area contributed by atoms with Crippen LogP contribution < -0.4 is 5.32 Å². The Morgan fingerprint density at radius 2 is 2.33 bits per heavy atom. The third-order valence-electron chi connectivity index (χ3n) is 3.25. The normalized spacial score (nSPS) is 19.3. The van der Waals surface area contributed by atoms with Crippen molar-refractivity contribution in [3.05, 3.63) is 46.7 Å². The van der Waals surface area contributed by atoms with E-state index in [0.29, 0.717) is 5.69 Å². The molecule has 1 aromatic heterocycles. The predicted octanol–water partition coefficient (Wildman–Crippen LogP) is 3.20. The summed E-state index contributed by atoms with van der Waals surface area (Å²) in [7, 11) is 0. The molecule has 3 rings (SSSR count). The molecule has 0 saturated carbocycles. The standard InChI is InChI=1S/C13H13BrFN3/c14-9-3-4-12(10(15)6-9)18-8-16-7-13(18)11-2-1-5-17-11/h3-4,6-8,11,17H,1-2,5H2/t11-/m0/s1. The van der Waals surface area contributed by atoms with Gasteiger partial charge < -0.3 is 5.32 Å². The van der Waals surface area contributed by atoms with Crippen LogP contribution in [0, 0.1) is 5.82 Å². The van der Waals surface area contributed by atoms with Crippen molar-refractivity contribution in [2.24, 2.45) is 0 Å². The van der Waals surface area contributed by atoms with Gasteiger partial charge >= 0.3 is 0 Å². The Morgan fingerprint density at radius 3 is 3.06 bits per heavy atom. The Bertz CT molecular complexity index is 561. The van der Waals surface area contributed by atoms with E-state index in [1.54, 1.807) is 12.4 Å². The first-order chi connectivity index (χ1) is 8.75. The molecular weight excluding hydrogens is 297 g/mol. The second-order valence-electron chi connectivity index (χ2n) is 4.43. The molecule has 0 radical (unpaired) electrons. The first-order valence-corrected chi connectivity index (χ1v) is 6.76. The SMILES string of the molecule is Fc1cc(Br)ccc1-n1cncc1[C@@H]1CCCN1. The Balaban J connectivity index is 2.03. The number of nitrogens with one attached hydrogen (secondary N) is 1. The van der Waals surface area contributed by atoms with Crippen molar-refractivity contribution in [3.63, 3.8) is 0 Å². The van der Waals surface area contributed by atoms with Crippen LogP contribution in [0.5, 0.6) is 0 Å². The minimum absolute atomic E-state index is 0.248. The summed E-state index contributed by atoms with van der Waals surface area (Å²) in [6, 6.07) is 5.35. The smallest absolute Gasteiger partial charge is 0.148 e. The summed E-state index contributed by atoms with van der Waals surface area (Å²) in [4.78, 5) is 4.15. The van der Waals surface area contributed by atoms with Crippen molar-refractivity contribution < 1.29 is 4.39 Å². The molecule has 94 valence electrons. The summed E-state index contributed by atoms with van der Waals surface area (Å²) in [6.07, 6.45) is 5.70. The summed E-state index contributed by atoms with van der Waals surface area (Å²) in [6.45, 7) is 1.01. The average molecular weight is 310 g/mol. The second-order valence-corrected chi connectivity index (χ2v) is 5.35. The highest BCUT2D eigenvalue weighted by Gasteiger charge is 2.21. The van der Waals surface area contributed by atoms with E-state index in [9.17, 15) is 4.39 Å². The van der Waals surface area contributed by atoms with Crippen LogP contribution in [0.15, 0.2) is 35.2 Å². The van der Waals surface area contributed by atoms with Gasteiger partial charge in [-0.15, -0.1) is 0 Å². The van der Waals surface area contributed by atoms with Crippen LogP contribution in [-0.2, 0) is 0 Å². The molecule has 0 spiro atoms. The first kappa shape index (κ1) is 11.9. The zero-order valence-corrected chi connectivity index (χ0v) is 11.3. The molecule has 0 amide bonds. The molecule has 1 saturated heterocycles. The fourth-order valence-corrected chi connectivity index (χ4v) is 2.71. The molecule has 2 aromatic rings. The van der Waals surface area contributed by atoms with E-state index in [-0.39, 0.29) is 11.9 Å². The van der Waals surface area contributed by atoms with Crippen LogP contribution in [0.1, 0.15) is 24.6 Å². The highest BCUT2D eigenvalue weighted by Crippen LogP contribution is 2.27. The molecule has 1 atom stereocenters. The summed E-state index contributed by atoms with van der Waals surface area (Å²) < 4.78 is 16.5. The molecule has 1 N–H and O–H groups in total.